The lowest BCUT2D eigenvalue weighted by molar-refractivity contribution is 0.103. The fraction of sp³-hybridized carbons (Fsp3) is 0.138. The van der Waals surface area contributed by atoms with E-state index >= 15 is 0 Å². The van der Waals surface area contributed by atoms with E-state index in [1.54, 1.807) is 4.80 Å². The molecule has 5 aromatic rings. The number of rotatable bonds is 6. The Morgan fingerprint density at radius 3 is 2.03 bits per heavy atom. The number of aryl methyl sites for hydroxylation is 1. The number of carbonyl (C=O) groups is 1. The molecule has 34 heavy (non-hydrogen) atoms. The zero-order valence-electron chi connectivity index (χ0n) is 19.6. The molecule has 0 atom stereocenters. The van der Waals surface area contributed by atoms with Crippen LogP contribution in [0.25, 0.3) is 16.7 Å². The molecule has 1 heterocycles. The van der Waals surface area contributed by atoms with Gasteiger partial charge in [-0.2, -0.15) is 4.80 Å². The van der Waals surface area contributed by atoms with Gasteiger partial charge >= 0.3 is 0 Å². The number of benzene rings is 4. The van der Waals surface area contributed by atoms with Crippen molar-refractivity contribution in [2.24, 2.45) is 0 Å². The van der Waals surface area contributed by atoms with Gasteiger partial charge < -0.3 is 4.90 Å². The van der Waals surface area contributed by atoms with Gasteiger partial charge in [-0.15, -0.1) is 10.2 Å². The second kappa shape index (κ2) is 8.94. The number of fused-ring (bicyclic) bond motifs is 1. The molecule has 0 saturated heterocycles. The van der Waals surface area contributed by atoms with E-state index in [1.165, 1.54) is 5.56 Å². The third-order valence-corrected chi connectivity index (χ3v) is 6.15. The molecule has 4 aromatic carbocycles. The van der Waals surface area contributed by atoms with Crippen LogP contribution in [0.1, 0.15) is 32.6 Å². The Kier molecular flexibility index (Phi) is 5.68. The van der Waals surface area contributed by atoms with Crippen molar-refractivity contribution in [3.8, 4) is 5.69 Å². The summed E-state index contributed by atoms with van der Waals surface area (Å²) in [5, 5.41) is 9.35. The molecule has 0 saturated carbocycles. The lowest BCUT2D eigenvalue weighted by Gasteiger charge is -2.22. The average Bonchev–Trinajstić information content (AvgIpc) is 3.30. The van der Waals surface area contributed by atoms with E-state index in [9.17, 15) is 4.79 Å². The van der Waals surface area contributed by atoms with E-state index in [-0.39, 0.29) is 5.78 Å². The van der Waals surface area contributed by atoms with Gasteiger partial charge in [0.05, 0.1) is 5.69 Å². The molecule has 0 amide bonds. The number of hydrogen-bond donors (Lipinski definition) is 0. The SMILES string of the molecule is Cc1cc(CN(C)c2ccc(C(=O)c3ccccc3)cc2)c(C)c(-n2nc3ccccc3n2)c1. The lowest BCUT2D eigenvalue weighted by atomic mass is 10.0. The minimum Gasteiger partial charge on any atom is -0.370 e. The second-order valence-corrected chi connectivity index (χ2v) is 8.64. The minimum atomic E-state index is 0.0353. The molecule has 0 fully saturated rings. The first kappa shape index (κ1) is 21.6. The summed E-state index contributed by atoms with van der Waals surface area (Å²) < 4.78 is 0. The summed E-state index contributed by atoms with van der Waals surface area (Å²) in [6, 6.07) is 29.4. The van der Waals surface area contributed by atoms with Gasteiger partial charge in [-0.25, -0.2) is 0 Å². The van der Waals surface area contributed by atoms with Crippen molar-refractivity contribution < 1.29 is 4.79 Å². The van der Waals surface area contributed by atoms with Crippen molar-refractivity contribution >= 4 is 22.5 Å². The second-order valence-electron chi connectivity index (χ2n) is 8.64. The predicted octanol–water partition coefficient (Wildman–Crippen LogP) is 5.90. The highest BCUT2D eigenvalue weighted by molar-refractivity contribution is 6.09. The Morgan fingerprint density at radius 1 is 0.794 bits per heavy atom. The first-order chi connectivity index (χ1) is 16.5. The van der Waals surface area contributed by atoms with Gasteiger partial charge in [0, 0.05) is 30.4 Å². The normalized spacial score (nSPS) is 11.0. The first-order valence-electron chi connectivity index (χ1n) is 11.3. The highest BCUT2D eigenvalue weighted by Crippen LogP contribution is 2.24. The zero-order valence-corrected chi connectivity index (χ0v) is 19.6. The summed E-state index contributed by atoms with van der Waals surface area (Å²) in [5.41, 5.74) is 8.71. The smallest absolute Gasteiger partial charge is 0.193 e. The number of anilines is 1. The quantitative estimate of drug-likeness (QED) is 0.305. The van der Waals surface area contributed by atoms with Gasteiger partial charge in [-0.05, 0) is 73.0 Å². The third-order valence-electron chi connectivity index (χ3n) is 6.15. The molecule has 5 rings (SSSR count). The summed E-state index contributed by atoms with van der Waals surface area (Å²) >= 11 is 0. The molecule has 0 radical (unpaired) electrons. The van der Waals surface area contributed by atoms with E-state index < -0.39 is 0 Å². The van der Waals surface area contributed by atoms with Crippen molar-refractivity contribution in [1.29, 1.82) is 0 Å². The fourth-order valence-electron chi connectivity index (χ4n) is 4.22. The van der Waals surface area contributed by atoms with Gasteiger partial charge in [0.2, 0.25) is 0 Å². The molecule has 0 unspecified atom stereocenters. The highest BCUT2D eigenvalue weighted by atomic mass is 16.1. The maximum Gasteiger partial charge on any atom is 0.193 e. The molecular formula is C29H26N4O. The Hall–Kier alpha value is -4.25. The van der Waals surface area contributed by atoms with Crippen LogP contribution in [0.15, 0.2) is 91.0 Å². The summed E-state index contributed by atoms with van der Waals surface area (Å²) in [7, 11) is 2.07. The molecule has 0 aliphatic rings. The first-order valence-corrected chi connectivity index (χ1v) is 11.3. The summed E-state index contributed by atoms with van der Waals surface area (Å²) in [5.74, 6) is 0.0353. The molecule has 0 spiro atoms. The van der Waals surface area contributed by atoms with Crippen LogP contribution < -0.4 is 4.90 Å². The molecule has 5 heteroatoms. The van der Waals surface area contributed by atoms with Crippen LogP contribution in [0.3, 0.4) is 0 Å². The van der Waals surface area contributed by atoms with Crippen LogP contribution in [0.2, 0.25) is 0 Å². The minimum absolute atomic E-state index is 0.0353. The van der Waals surface area contributed by atoms with Gasteiger partial charge in [-0.3, -0.25) is 4.79 Å². The Morgan fingerprint density at radius 2 is 1.38 bits per heavy atom. The Bertz CT molecular complexity index is 1440. The zero-order chi connectivity index (χ0) is 23.7. The summed E-state index contributed by atoms with van der Waals surface area (Å²) in [6.07, 6.45) is 0. The van der Waals surface area contributed by atoms with Crippen molar-refractivity contribution in [3.63, 3.8) is 0 Å². The van der Waals surface area contributed by atoms with E-state index in [4.69, 9.17) is 0 Å². The van der Waals surface area contributed by atoms with E-state index in [2.05, 4.69) is 48.1 Å². The average molecular weight is 447 g/mol. The molecule has 1 aromatic heterocycles. The monoisotopic (exact) mass is 446 g/mol. The molecule has 0 aliphatic carbocycles. The van der Waals surface area contributed by atoms with Gasteiger partial charge in [-0.1, -0.05) is 48.5 Å². The van der Waals surface area contributed by atoms with Crippen molar-refractivity contribution in [2.75, 3.05) is 11.9 Å². The van der Waals surface area contributed by atoms with E-state index in [0.29, 0.717) is 11.1 Å². The van der Waals surface area contributed by atoms with E-state index in [1.807, 2.05) is 78.9 Å². The maximum absolute atomic E-state index is 12.7. The van der Waals surface area contributed by atoms with Crippen LogP contribution in [0.4, 0.5) is 5.69 Å². The molecule has 0 aliphatic heterocycles. The van der Waals surface area contributed by atoms with Crippen LogP contribution in [0, 0.1) is 13.8 Å². The van der Waals surface area contributed by atoms with Crippen LogP contribution in [-0.4, -0.2) is 27.8 Å². The fourth-order valence-corrected chi connectivity index (χ4v) is 4.22. The van der Waals surface area contributed by atoms with Crippen LogP contribution in [-0.2, 0) is 6.54 Å². The number of nitrogens with zero attached hydrogens (tertiary/aromatic N) is 4. The van der Waals surface area contributed by atoms with Crippen LogP contribution in [0.5, 0.6) is 0 Å². The van der Waals surface area contributed by atoms with Gasteiger partial charge in [0.15, 0.2) is 5.78 Å². The van der Waals surface area contributed by atoms with Crippen molar-refractivity contribution in [2.45, 2.75) is 20.4 Å². The summed E-state index contributed by atoms with van der Waals surface area (Å²) in [6.45, 7) is 4.94. The topological polar surface area (TPSA) is 51.0 Å². The standard InChI is InChI=1S/C29H26N4O/c1-20-17-24(21(2)28(18-20)33-30-26-11-7-8-12-27(26)31-33)19-32(3)25-15-13-23(14-16-25)29(34)22-9-5-4-6-10-22/h4-18H,19H2,1-3H3. The number of ketones is 1. The molecule has 5 nitrogen and oxygen atoms in total. The van der Waals surface area contributed by atoms with Crippen molar-refractivity contribution in [1.82, 2.24) is 15.0 Å². The maximum atomic E-state index is 12.7. The predicted molar refractivity (Wildman–Crippen MR) is 137 cm³/mol. The number of hydrogen-bond acceptors (Lipinski definition) is 4. The number of aromatic nitrogens is 3. The lowest BCUT2D eigenvalue weighted by Crippen LogP contribution is -2.18. The molecule has 0 bridgehead atoms. The number of carbonyl (C=O) groups excluding carboxylic acids is 1. The highest BCUT2D eigenvalue weighted by Gasteiger charge is 2.14. The van der Waals surface area contributed by atoms with Gasteiger partial charge in [0.1, 0.15) is 11.0 Å². The molecular weight excluding hydrogens is 420 g/mol. The van der Waals surface area contributed by atoms with Crippen LogP contribution >= 0.6 is 0 Å². The Balaban J connectivity index is 1.39. The largest absolute Gasteiger partial charge is 0.370 e. The summed E-state index contributed by atoms with van der Waals surface area (Å²) in [4.78, 5) is 16.6. The third kappa shape index (κ3) is 4.20. The molecule has 0 N–H and O–H groups in total. The molecule has 168 valence electrons. The Labute approximate surface area is 199 Å². The van der Waals surface area contributed by atoms with Crippen molar-refractivity contribution in [3.05, 3.63) is 119 Å². The van der Waals surface area contributed by atoms with E-state index in [0.717, 1.165) is 40.1 Å². The van der Waals surface area contributed by atoms with Gasteiger partial charge in [0.25, 0.3) is 0 Å².